The van der Waals surface area contributed by atoms with Crippen LogP contribution in [0.5, 0.6) is 5.75 Å². The molecule has 1 aromatic carbocycles. The number of allylic oxidation sites excluding steroid dienone is 1. The third kappa shape index (κ3) is 3.18. The predicted molar refractivity (Wildman–Crippen MR) is 85.6 cm³/mol. The number of amides is 1. The molecule has 4 nitrogen and oxygen atoms in total. The van der Waals surface area contributed by atoms with Crippen LogP contribution in [0.1, 0.15) is 32.8 Å². The number of carbonyl (C=O) groups is 2. The van der Waals surface area contributed by atoms with Gasteiger partial charge in [-0.05, 0) is 39.6 Å². The van der Waals surface area contributed by atoms with Crippen molar-refractivity contribution in [2.24, 2.45) is 0 Å². The van der Waals surface area contributed by atoms with Crippen molar-refractivity contribution < 1.29 is 14.3 Å². The minimum Gasteiger partial charge on any atom is -0.495 e. The van der Waals surface area contributed by atoms with E-state index in [4.69, 9.17) is 4.74 Å². The Labute approximate surface area is 132 Å². The molecule has 0 saturated carbocycles. The summed E-state index contributed by atoms with van der Waals surface area (Å²) >= 11 is 3.50. The molecule has 5 heteroatoms. The van der Waals surface area contributed by atoms with Crippen LogP contribution in [0.4, 0.5) is 5.69 Å². The molecule has 21 heavy (non-hydrogen) atoms. The summed E-state index contributed by atoms with van der Waals surface area (Å²) in [5, 5.41) is 0. The van der Waals surface area contributed by atoms with E-state index in [0.29, 0.717) is 0 Å². The van der Waals surface area contributed by atoms with Crippen LogP contribution in [0.2, 0.25) is 0 Å². The van der Waals surface area contributed by atoms with Crippen LogP contribution in [0.15, 0.2) is 28.9 Å². The SMILES string of the molecule is COc1c(Br)cc(N2C=CC(=O)CC2=O)cc1C(C)(C)C. The number of halogens is 1. The highest BCUT2D eigenvalue weighted by atomic mass is 79.9. The van der Waals surface area contributed by atoms with E-state index in [-0.39, 0.29) is 23.5 Å². The summed E-state index contributed by atoms with van der Waals surface area (Å²) in [4.78, 5) is 24.8. The second kappa shape index (κ2) is 5.64. The van der Waals surface area contributed by atoms with Gasteiger partial charge in [0.05, 0.1) is 18.0 Å². The fourth-order valence-electron chi connectivity index (χ4n) is 2.25. The molecule has 0 aromatic heterocycles. The molecule has 0 saturated heterocycles. The van der Waals surface area contributed by atoms with Crippen LogP contribution in [-0.2, 0) is 15.0 Å². The number of benzene rings is 1. The van der Waals surface area contributed by atoms with E-state index >= 15 is 0 Å². The average molecular weight is 352 g/mol. The molecular weight excluding hydrogens is 334 g/mol. The van der Waals surface area contributed by atoms with Crippen LogP contribution in [0, 0.1) is 0 Å². The van der Waals surface area contributed by atoms with Crippen molar-refractivity contribution in [3.05, 3.63) is 34.4 Å². The first-order valence-corrected chi connectivity index (χ1v) is 7.44. The molecule has 1 aliphatic heterocycles. The number of nitrogens with zero attached hydrogens (tertiary/aromatic N) is 1. The van der Waals surface area contributed by atoms with E-state index in [1.54, 1.807) is 7.11 Å². The number of hydrogen-bond donors (Lipinski definition) is 0. The van der Waals surface area contributed by atoms with Gasteiger partial charge in [0.25, 0.3) is 0 Å². The second-order valence-electron chi connectivity index (χ2n) is 5.98. The maximum atomic E-state index is 12.0. The molecule has 1 aliphatic rings. The third-order valence-electron chi connectivity index (χ3n) is 3.32. The average Bonchev–Trinajstić information content (AvgIpc) is 2.36. The van der Waals surface area contributed by atoms with Gasteiger partial charge < -0.3 is 4.74 Å². The van der Waals surface area contributed by atoms with Crippen molar-refractivity contribution in [1.29, 1.82) is 0 Å². The lowest BCUT2D eigenvalue weighted by molar-refractivity contribution is -0.124. The van der Waals surface area contributed by atoms with Gasteiger partial charge in [-0.25, -0.2) is 0 Å². The van der Waals surface area contributed by atoms with Crippen molar-refractivity contribution in [1.82, 2.24) is 0 Å². The minimum atomic E-state index is -0.223. The van der Waals surface area contributed by atoms with Gasteiger partial charge in [-0.15, -0.1) is 0 Å². The Balaban J connectivity index is 2.56. The largest absolute Gasteiger partial charge is 0.495 e. The first-order chi connectivity index (χ1) is 9.74. The number of anilines is 1. The van der Waals surface area contributed by atoms with Crippen molar-refractivity contribution in [2.45, 2.75) is 32.6 Å². The molecule has 0 radical (unpaired) electrons. The maximum absolute atomic E-state index is 12.0. The van der Waals surface area contributed by atoms with Crippen molar-refractivity contribution in [2.75, 3.05) is 12.0 Å². The first-order valence-electron chi connectivity index (χ1n) is 6.65. The summed E-state index contributed by atoms with van der Waals surface area (Å²) in [5.41, 5.74) is 1.58. The highest BCUT2D eigenvalue weighted by Gasteiger charge is 2.26. The molecule has 112 valence electrons. The molecule has 1 heterocycles. The van der Waals surface area contributed by atoms with Gasteiger partial charge in [0.1, 0.15) is 5.75 Å². The normalized spacial score (nSPS) is 15.6. The monoisotopic (exact) mass is 351 g/mol. The van der Waals surface area contributed by atoms with Gasteiger partial charge in [0.2, 0.25) is 5.91 Å². The highest BCUT2D eigenvalue weighted by molar-refractivity contribution is 9.10. The van der Waals surface area contributed by atoms with Gasteiger partial charge in [0, 0.05) is 17.5 Å². The Morgan fingerprint density at radius 2 is 1.90 bits per heavy atom. The molecule has 2 rings (SSSR count). The summed E-state index contributed by atoms with van der Waals surface area (Å²) in [6, 6.07) is 3.76. The Kier molecular flexibility index (Phi) is 4.23. The number of ketones is 1. The van der Waals surface area contributed by atoms with Crippen LogP contribution in [-0.4, -0.2) is 18.8 Å². The number of methoxy groups -OCH3 is 1. The van der Waals surface area contributed by atoms with Gasteiger partial charge in [-0.1, -0.05) is 20.8 Å². The van der Waals surface area contributed by atoms with Crippen molar-refractivity contribution in [3.8, 4) is 5.75 Å². The van der Waals surface area contributed by atoms with E-state index in [1.807, 2.05) is 12.1 Å². The summed E-state index contributed by atoms with van der Waals surface area (Å²) in [5.74, 6) is 0.370. The summed E-state index contributed by atoms with van der Waals surface area (Å²) in [6.45, 7) is 6.25. The van der Waals surface area contributed by atoms with Crippen LogP contribution in [0.3, 0.4) is 0 Å². The molecular formula is C16H18BrNO3. The molecule has 1 amide bonds. The standard InChI is InChI=1S/C16H18BrNO3/c1-16(2,3)12-7-10(8-13(17)15(12)21-4)18-6-5-11(19)9-14(18)20/h5-8H,9H2,1-4H3. The lowest BCUT2D eigenvalue weighted by Gasteiger charge is -2.27. The summed E-state index contributed by atoms with van der Waals surface area (Å²) in [6.07, 6.45) is 2.86. The minimum absolute atomic E-state index is 0.0923. The highest BCUT2D eigenvalue weighted by Crippen LogP contribution is 2.40. The molecule has 0 N–H and O–H groups in total. The lowest BCUT2D eigenvalue weighted by Crippen LogP contribution is -2.31. The molecule has 0 atom stereocenters. The number of carbonyl (C=O) groups excluding carboxylic acids is 2. The third-order valence-corrected chi connectivity index (χ3v) is 3.91. The van der Waals surface area contributed by atoms with E-state index in [9.17, 15) is 9.59 Å². The van der Waals surface area contributed by atoms with E-state index in [2.05, 4.69) is 36.7 Å². The van der Waals surface area contributed by atoms with Gasteiger partial charge in [0.15, 0.2) is 5.78 Å². The van der Waals surface area contributed by atoms with Gasteiger partial charge >= 0.3 is 0 Å². The number of ether oxygens (including phenoxy) is 1. The number of rotatable bonds is 2. The zero-order chi connectivity index (χ0) is 15.8. The first kappa shape index (κ1) is 15.8. The Morgan fingerprint density at radius 3 is 2.43 bits per heavy atom. The second-order valence-corrected chi connectivity index (χ2v) is 6.84. The Hall–Kier alpha value is -1.62. The van der Waals surface area contributed by atoms with E-state index in [0.717, 1.165) is 21.5 Å². The van der Waals surface area contributed by atoms with E-state index < -0.39 is 0 Å². The zero-order valence-electron chi connectivity index (χ0n) is 12.6. The smallest absolute Gasteiger partial charge is 0.238 e. The fourth-order valence-corrected chi connectivity index (χ4v) is 2.86. The summed E-state index contributed by atoms with van der Waals surface area (Å²) < 4.78 is 6.25. The van der Waals surface area contributed by atoms with Crippen molar-refractivity contribution >= 4 is 33.3 Å². The maximum Gasteiger partial charge on any atom is 0.238 e. The predicted octanol–water partition coefficient (Wildman–Crippen LogP) is 3.57. The molecule has 0 unspecified atom stereocenters. The molecule has 1 aromatic rings. The van der Waals surface area contributed by atoms with Gasteiger partial charge in [-0.2, -0.15) is 0 Å². The van der Waals surface area contributed by atoms with Crippen LogP contribution >= 0.6 is 15.9 Å². The molecule has 0 fully saturated rings. The topological polar surface area (TPSA) is 46.6 Å². The Bertz CT molecular complexity index is 629. The molecule has 0 aliphatic carbocycles. The lowest BCUT2D eigenvalue weighted by atomic mass is 9.86. The fraction of sp³-hybridized carbons (Fsp3) is 0.375. The van der Waals surface area contributed by atoms with Gasteiger partial charge in [-0.3, -0.25) is 14.5 Å². The van der Waals surface area contributed by atoms with Crippen LogP contribution in [0.25, 0.3) is 0 Å². The Morgan fingerprint density at radius 1 is 1.24 bits per heavy atom. The van der Waals surface area contributed by atoms with E-state index in [1.165, 1.54) is 17.2 Å². The van der Waals surface area contributed by atoms with Crippen molar-refractivity contribution in [3.63, 3.8) is 0 Å². The van der Waals surface area contributed by atoms with Crippen LogP contribution < -0.4 is 9.64 Å². The zero-order valence-corrected chi connectivity index (χ0v) is 14.2. The summed E-state index contributed by atoms with van der Waals surface area (Å²) in [7, 11) is 1.62. The molecule has 0 bridgehead atoms. The molecule has 0 spiro atoms. The quantitative estimate of drug-likeness (QED) is 0.765. The number of hydrogen-bond acceptors (Lipinski definition) is 3.